The maximum absolute atomic E-state index is 6.39. The topological polar surface area (TPSA) is 73.6 Å². The number of benzene rings is 2. The summed E-state index contributed by atoms with van der Waals surface area (Å²) in [6.07, 6.45) is 1.45. The van der Waals surface area contributed by atoms with Crippen LogP contribution in [0.3, 0.4) is 0 Å². The molecule has 2 aromatic carbocycles. The molecule has 0 radical (unpaired) electrons. The molecule has 2 heterocycles. The molecule has 2 aromatic heterocycles. The predicted molar refractivity (Wildman–Crippen MR) is 107 cm³/mol. The monoisotopic (exact) mass is 395 g/mol. The van der Waals surface area contributed by atoms with E-state index in [-0.39, 0.29) is 0 Å². The molecule has 8 heteroatoms. The molecule has 0 fully saturated rings. The molecule has 0 saturated heterocycles. The standard InChI is InChI=1S/C20H18ClN5O2/c1-13-18(21)19(26-20(25-13)23-12-24-26)22-11-14-3-5-16(6-4-14)28-17-9-7-15(27-2)8-10-17/h3-10,12,22H,11H2,1-2H3. The van der Waals surface area contributed by atoms with Crippen LogP contribution in [0, 0.1) is 6.92 Å². The number of aromatic nitrogens is 4. The highest BCUT2D eigenvalue weighted by Crippen LogP contribution is 2.26. The van der Waals surface area contributed by atoms with Crippen LogP contribution in [-0.4, -0.2) is 26.7 Å². The van der Waals surface area contributed by atoms with Gasteiger partial charge in [0.2, 0.25) is 0 Å². The van der Waals surface area contributed by atoms with E-state index in [4.69, 9.17) is 21.1 Å². The van der Waals surface area contributed by atoms with Gasteiger partial charge in [-0.2, -0.15) is 14.6 Å². The molecule has 0 spiro atoms. The summed E-state index contributed by atoms with van der Waals surface area (Å²) in [6, 6.07) is 15.3. The fraction of sp³-hybridized carbons (Fsp3) is 0.150. The lowest BCUT2D eigenvalue weighted by molar-refractivity contribution is 0.413. The van der Waals surface area contributed by atoms with E-state index in [0.29, 0.717) is 28.9 Å². The molecule has 4 aromatic rings. The summed E-state index contributed by atoms with van der Waals surface area (Å²) in [4.78, 5) is 8.42. The average Bonchev–Trinajstić information content (AvgIpc) is 3.18. The van der Waals surface area contributed by atoms with Gasteiger partial charge in [0.15, 0.2) is 5.82 Å². The number of aryl methyl sites for hydroxylation is 1. The molecule has 0 aliphatic carbocycles. The predicted octanol–water partition coefficient (Wildman–Crippen LogP) is 4.50. The third kappa shape index (κ3) is 3.70. The minimum absolute atomic E-state index is 0.507. The Bertz CT molecular complexity index is 1090. The Kier molecular flexibility index (Phi) is 4.99. The van der Waals surface area contributed by atoms with E-state index >= 15 is 0 Å². The van der Waals surface area contributed by atoms with Crippen LogP contribution in [0.25, 0.3) is 5.78 Å². The number of hydrogen-bond donors (Lipinski definition) is 1. The summed E-state index contributed by atoms with van der Waals surface area (Å²) in [5, 5.41) is 8.01. The Hall–Kier alpha value is -3.32. The molecular formula is C20H18ClN5O2. The largest absolute Gasteiger partial charge is 0.497 e. The third-order valence-corrected chi connectivity index (χ3v) is 4.67. The number of anilines is 1. The Labute approximate surface area is 166 Å². The molecule has 7 nitrogen and oxygen atoms in total. The number of hydrogen-bond acceptors (Lipinski definition) is 6. The van der Waals surface area contributed by atoms with Crippen molar-refractivity contribution in [1.29, 1.82) is 0 Å². The summed E-state index contributed by atoms with van der Waals surface area (Å²) >= 11 is 6.39. The van der Waals surface area contributed by atoms with E-state index in [1.807, 2.05) is 55.5 Å². The Balaban J connectivity index is 1.45. The fourth-order valence-corrected chi connectivity index (χ4v) is 2.92. The quantitative estimate of drug-likeness (QED) is 0.518. The molecule has 0 amide bonds. The maximum atomic E-state index is 6.39. The third-order valence-electron chi connectivity index (χ3n) is 4.21. The van der Waals surface area contributed by atoms with Crippen molar-refractivity contribution in [1.82, 2.24) is 19.6 Å². The molecule has 0 bridgehead atoms. The van der Waals surface area contributed by atoms with Crippen molar-refractivity contribution in [2.45, 2.75) is 13.5 Å². The van der Waals surface area contributed by atoms with Crippen LogP contribution in [0.5, 0.6) is 17.2 Å². The van der Waals surface area contributed by atoms with Crippen LogP contribution in [0.2, 0.25) is 5.02 Å². The minimum Gasteiger partial charge on any atom is -0.497 e. The molecule has 0 saturated carbocycles. The van der Waals surface area contributed by atoms with Crippen LogP contribution in [0.4, 0.5) is 5.82 Å². The van der Waals surface area contributed by atoms with Crippen molar-refractivity contribution in [3.05, 3.63) is 71.1 Å². The van der Waals surface area contributed by atoms with Crippen molar-refractivity contribution >= 4 is 23.2 Å². The Morgan fingerprint density at radius 3 is 2.32 bits per heavy atom. The lowest BCUT2D eigenvalue weighted by atomic mass is 10.2. The number of nitrogens with zero attached hydrogens (tertiary/aromatic N) is 4. The first kappa shape index (κ1) is 18.1. The van der Waals surface area contributed by atoms with Gasteiger partial charge >= 0.3 is 0 Å². The van der Waals surface area contributed by atoms with E-state index in [1.165, 1.54) is 6.33 Å². The first-order valence-corrected chi connectivity index (χ1v) is 9.02. The van der Waals surface area contributed by atoms with E-state index < -0.39 is 0 Å². The smallest absolute Gasteiger partial charge is 0.254 e. The minimum atomic E-state index is 0.507. The highest BCUT2D eigenvalue weighted by atomic mass is 35.5. The summed E-state index contributed by atoms with van der Waals surface area (Å²) in [5.74, 6) is 3.47. The van der Waals surface area contributed by atoms with Crippen LogP contribution in [0.15, 0.2) is 54.9 Å². The van der Waals surface area contributed by atoms with Gasteiger partial charge in [0.1, 0.15) is 28.6 Å². The van der Waals surface area contributed by atoms with Crippen molar-refractivity contribution < 1.29 is 9.47 Å². The van der Waals surface area contributed by atoms with Crippen LogP contribution < -0.4 is 14.8 Å². The number of methoxy groups -OCH3 is 1. The first-order chi connectivity index (χ1) is 13.6. The van der Waals surface area contributed by atoms with Crippen LogP contribution in [0.1, 0.15) is 11.3 Å². The summed E-state index contributed by atoms with van der Waals surface area (Å²) < 4.78 is 12.6. The molecule has 28 heavy (non-hydrogen) atoms. The average molecular weight is 396 g/mol. The second-order valence-corrected chi connectivity index (χ2v) is 6.48. The van der Waals surface area contributed by atoms with Gasteiger partial charge in [-0.1, -0.05) is 23.7 Å². The SMILES string of the molecule is COc1ccc(Oc2ccc(CNc3c(Cl)c(C)nc4ncnn34)cc2)cc1. The summed E-state index contributed by atoms with van der Waals surface area (Å²) in [6.45, 7) is 2.41. The molecule has 0 aliphatic rings. The zero-order valence-corrected chi connectivity index (χ0v) is 16.1. The molecule has 142 valence electrons. The van der Waals surface area contributed by atoms with Gasteiger partial charge in [0.05, 0.1) is 12.8 Å². The second-order valence-electron chi connectivity index (χ2n) is 6.11. The highest BCUT2D eigenvalue weighted by Gasteiger charge is 2.12. The van der Waals surface area contributed by atoms with Crippen LogP contribution >= 0.6 is 11.6 Å². The summed E-state index contributed by atoms with van der Waals surface area (Å²) in [7, 11) is 1.64. The van der Waals surface area contributed by atoms with Crippen molar-refractivity contribution in [2.24, 2.45) is 0 Å². The molecule has 1 N–H and O–H groups in total. The van der Waals surface area contributed by atoms with Gasteiger partial charge in [-0.15, -0.1) is 0 Å². The van der Waals surface area contributed by atoms with Gasteiger partial charge < -0.3 is 14.8 Å². The lowest BCUT2D eigenvalue weighted by Gasteiger charge is -2.12. The first-order valence-electron chi connectivity index (χ1n) is 8.64. The van der Waals surface area contributed by atoms with E-state index in [9.17, 15) is 0 Å². The molecule has 0 unspecified atom stereocenters. The molecule has 4 rings (SSSR count). The molecule has 0 aliphatic heterocycles. The van der Waals surface area contributed by atoms with E-state index in [2.05, 4.69) is 20.4 Å². The van der Waals surface area contributed by atoms with Crippen LogP contribution in [-0.2, 0) is 6.54 Å². The zero-order chi connectivity index (χ0) is 19.5. The Morgan fingerprint density at radius 2 is 1.64 bits per heavy atom. The lowest BCUT2D eigenvalue weighted by Crippen LogP contribution is -2.08. The molecule has 0 atom stereocenters. The number of fused-ring (bicyclic) bond motifs is 1. The van der Waals surface area contributed by atoms with Gasteiger partial charge in [-0.05, 0) is 48.9 Å². The number of halogens is 1. The van der Waals surface area contributed by atoms with E-state index in [1.54, 1.807) is 11.6 Å². The van der Waals surface area contributed by atoms with Crippen molar-refractivity contribution in [3.63, 3.8) is 0 Å². The maximum Gasteiger partial charge on any atom is 0.254 e. The van der Waals surface area contributed by atoms with Gasteiger partial charge in [-0.25, -0.2) is 4.98 Å². The molecular weight excluding hydrogens is 378 g/mol. The summed E-state index contributed by atoms with van der Waals surface area (Å²) in [5.41, 5.74) is 1.77. The normalized spacial score (nSPS) is 10.8. The number of rotatable bonds is 6. The van der Waals surface area contributed by atoms with Crippen molar-refractivity contribution in [3.8, 4) is 17.2 Å². The van der Waals surface area contributed by atoms with Gasteiger partial charge in [-0.3, -0.25) is 0 Å². The fourth-order valence-electron chi connectivity index (χ4n) is 2.73. The second kappa shape index (κ2) is 7.74. The van der Waals surface area contributed by atoms with Gasteiger partial charge in [0.25, 0.3) is 5.78 Å². The van der Waals surface area contributed by atoms with Gasteiger partial charge in [0, 0.05) is 6.54 Å². The van der Waals surface area contributed by atoms with E-state index in [0.717, 1.165) is 22.8 Å². The zero-order valence-electron chi connectivity index (χ0n) is 15.4. The number of nitrogens with one attached hydrogen (secondary N) is 1. The van der Waals surface area contributed by atoms with Crippen molar-refractivity contribution in [2.75, 3.05) is 12.4 Å². The highest BCUT2D eigenvalue weighted by molar-refractivity contribution is 6.33. The number of ether oxygens (including phenoxy) is 2. The Morgan fingerprint density at radius 1 is 1.00 bits per heavy atom.